The summed E-state index contributed by atoms with van der Waals surface area (Å²) in [5.41, 5.74) is 1.12. The van der Waals surface area contributed by atoms with E-state index in [0.29, 0.717) is 0 Å². The minimum absolute atomic E-state index is 0.0977. The van der Waals surface area contributed by atoms with Crippen molar-refractivity contribution in [2.75, 3.05) is 5.75 Å². The first kappa shape index (κ1) is 12.4. The van der Waals surface area contributed by atoms with E-state index in [1.54, 1.807) is 0 Å². The lowest BCUT2D eigenvalue weighted by Gasteiger charge is -2.08. The van der Waals surface area contributed by atoms with Gasteiger partial charge in [0.15, 0.2) is 0 Å². The molecule has 0 amide bonds. The molecule has 84 valence electrons. The third kappa shape index (κ3) is 4.60. The molecule has 1 aromatic carbocycles. The second-order valence-electron chi connectivity index (χ2n) is 3.17. The molecular weight excluding hydrogens is 221 g/mol. The molecule has 4 heteroatoms. The highest BCUT2D eigenvalue weighted by atomic mass is 32.2. The summed E-state index contributed by atoms with van der Waals surface area (Å²) < 4.78 is 35.8. The summed E-state index contributed by atoms with van der Waals surface area (Å²) in [5, 5.41) is 0. The van der Waals surface area contributed by atoms with Crippen molar-refractivity contribution in [3.8, 4) is 0 Å². The first-order valence-corrected chi connectivity index (χ1v) is 5.79. The number of thioether (sulfide) groups is 1. The van der Waals surface area contributed by atoms with Gasteiger partial charge in [-0.15, -0.1) is 11.8 Å². The van der Waals surface area contributed by atoms with Crippen LogP contribution in [0.4, 0.5) is 13.2 Å². The Kier molecular flexibility index (Phi) is 4.51. The van der Waals surface area contributed by atoms with E-state index in [2.05, 4.69) is 0 Å². The molecule has 0 N–H and O–H groups in total. The number of rotatable bonds is 4. The van der Waals surface area contributed by atoms with Gasteiger partial charge in [-0.3, -0.25) is 0 Å². The van der Waals surface area contributed by atoms with Crippen LogP contribution in [0.1, 0.15) is 18.9 Å². The molecule has 0 aliphatic heterocycles. The summed E-state index contributed by atoms with van der Waals surface area (Å²) >= 11 is 1.28. The largest absolute Gasteiger partial charge is 0.389 e. The molecule has 0 saturated carbocycles. The van der Waals surface area contributed by atoms with E-state index in [0.717, 1.165) is 16.9 Å². The molecule has 0 aromatic heterocycles. The lowest BCUT2D eigenvalue weighted by atomic mass is 10.2. The smallest absolute Gasteiger partial charge is 0.171 e. The van der Waals surface area contributed by atoms with Gasteiger partial charge < -0.3 is 0 Å². The van der Waals surface area contributed by atoms with Gasteiger partial charge in [-0.1, -0.05) is 25.1 Å². The van der Waals surface area contributed by atoms with E-state index in [-0.39, 0.29) is 5.75 Å². The molecule has 0 spiro atoms. The third-order valence-electron chi connectivity index (χ3n) is 2.00. The first-order chi connectivity index (χ1) is 7.03. The van der Waals surface area contributed by atoms with Crippen molar-refractivity contribution in [3.63, 3.8) is 0 Å². The fraction of sp³-hybridized carbons (Fsp3) is 0.455. The topological polar surface area (TPSA) is 0 Å². The molecule has 0 heterocycles. The highest BCUT2D eigenvalue weighted by Gasteiger charge is 2.26. The Hall–Kier alpha value is -0.640. The number of halogens is 3. The van der Waals surface area contributed by atoms with Gasteiger partial charge in [0.05, 0.1) is 6.42 Å². The van der Waals surface area contributed by atoms with Gasteiger partial charge in [0.2, 0.25) is 0 Å². The van der Waals surface area contributed by atoms with Crippen molar-refractivity contribution in [2.24, 2.45) is 0 Å². The van der Waals surface area contributed by atoms with Crippen molar-refractivity contribution in [1.82, 2.24) is 0 Å². The molecule has 15 heavy (non-hydrogen) atoms. The van der Waals surface area contributed by atoms with Crippen LogP contribution >= 0.6 is 11.8 Å². The Morgan fingerprint density at radius 3 is 2.47 bits per heavy atom. The van der Waals surface area contributed by atoms with E-state index in [4.69, 9.17) is 0 Å². The lowest BCUT2D eigenvalue weighted by molar-refractivity contribution is -0.129. The van der Waals surface area contributed by atoms with Gasteiger partial charge in [-0.2, -0.15) is 13.2 Å². The van der Waals surface area contributed by atoms with Gasteiger partial charge in [0, 0.05) is 10.6 Å². The highest BCUT2D eigenvalue weighted by Crippen LogP contribution is 2.28. The van der Waals surface area contributed by atoms with E-state index < -0.39 is 12.6 Å². The summed E-state index contributed by atoms with van der Waals surface area (Å²) in [7, 11) is 0. The molecule has 0 aliphatic carbocycles. The fourth-order valence-electron chi connectivity index (χ4n) is 1.21. The molecule has 0 unspecified atom stereocenters. The molecule has 1 aromatic rings. The average molecular weight is 234 g/mol. The summed E-state index contributed by atoms with van der Waals surface area (Å²) in [4.78, 5) is 0.962. The maximum atomic E-state index is 11.9. The zero-order chi connectivity index (χ0) is 11.3. The average Bonchev–Trinajstić information content (AvgIpc) is 2.16. The fourth-order valence-corrected chi connectivity index (χ4v) is 2.34. The summed E-state index contributed by atoms with van der Waals surface area (Å²) in [6.45, 7) is 2.00. The minimum atomic E-state index is -4.05. The Labute approximate surface area is 91.9 Å². The number of hydrogen-bond donors (Lipinski definition) is 0. The number of alkyl halides is 3. The molecule has 0 radical (unpaired) electrons. The van der Waals surface area contributed by atoms with E-state index in [1.807, 2.05) is 31.2 Å². The predicted molar refractivity (Wildman–Crippen MR) is 57.2 cm³/mol. The second kappa shape index (κ2) is 5.45. The van der Waals surface area contributed by atoms with Crippen LogP contribution in [0.3, 0.4) is 0 Å². The van der Waals surface area contributed by atoms with Gasteiger partial charge in [0.25, 0.3) is 0 Å². The monoisotopic (exact) mass is 234 g/mol. The molecule has 0 atom stereocenters. The molecule has 0 bridgehead atoms. The maximum Gasteiger partial charge on any atom is 0.389 e. The minimum Gasteiger partial charge on any atom is -0.171 e. The quantitative estimate of drug-likeness (QED) is 0.700. The molecule has 0 saturated heterocycles. The maximum absolute atomic E-state index is 11.9. The van der Waals surface area contributed by atoms with E-state index in [9.17, 15) is 13.2 Å². The van der Waals surface area contributed by atoms with Crippen LogP contribution in [-0.2, 0) is 6.42 Å². The summed E-state index contributed by atoms with van der Waals surface area (Å²) in [5.74, 6) is 0.0977. The Bertz CT molecular complexity index is 307. The van der Waals surface area contributed by atoms with Gasteiger partial charge in [0.1, 0.15) is 0 Å². The van der Waals surface area contributed by atoms with Crippen molar-refractivity contribution < 1.29 is 13.2 Å². The molecular formula is C11H13F3S. The van der Waals surface area contributed by atoms with Crippen LogP contribution in [0.2, 0.25) is 0 Å². The molecule has 0 fully saturated rings. The zero-order valence-electron chi connectivity index (χ0n) is 8.47. The van der Waals surface area contributed by atoms with Crippen LogP contribution in [-0.4, -0.2) is 11.9 Å². The van der Waals surface area contributed by atoms with Crippen molar-refractivity contribution in [3.05, 3.63) is 29.8 Å². The number of aryl methyl sites for hydroxylation is 1. The van der Waals surface area contributed by atoms with Gasteiger partial charge >= 0.3 is 6.18 Å². The van der Waals surface area contributed by atoms with Crippen molar-refractivity contribution in [1.29, 1.82) is 0 Å². The highest BCUT2D eigenvalue weighted by molar-refractivity contribution is 7.99. The zero-order valence-corrected chi connectivity index (χ0v) is 9.29. The number of benzene rings is 1. The SMILES string of the molecule is CCc1ccccc1SCCC(F)(F)F. The molecule has 1 rings (SSSR count). The van der Waals surface area contributed by atoms with Gasteiger partial charge in [-0.25, -0.2) is 0 Å². The van der Waals surface area contributed by atoms with Crippen LogP contribution < -0.4 is 0 Å². The van der Waals surface area contributed by atoms with Crippen LogP contribution in [0, 0.1) is 0 Å². The summed E-state index contributed by atoms with van der Waals surface area (Å²) in [6.07, 6.45) is -3.92. The second-order valence-corrected chi connectivity index (χ2v) is 4.31. The normalized spacial score (nSPS) is 11.7. The van der Waals surface area contributed by atoms with Crippen LogP contribution in [0.25, 0.3) is 0 Å². The van der Waals surface area contributed by atoms with Crippen molar-refractivity contribution in [2.45, 2.75) is 30.8 Å². The van der Waals surface area contributed by atoms with E-state index >= 15 is 0 Å². The predicted octanol–water partition coefficient (Wildman–Crippen LogP) is 4.29. The first-order valence-electron chi connectivity index (χ1n) is 4.80. The Morgan fingerprint density at radius 1 is 1.20 bits per heavy atom. The van der Waals surface area contributed by atoms with Crippen LogP contribution in [0.5, 0.6) is 0 Å². The molecule has 0 nitrogen and oxygen atoms in total. The van der Waals surface area contributed by atoms with E-state index in [1.165, 1.54) is 11.8 Å². The Morgan fingerprint density at radius 2 is 1.87 bits per heavy atom. The molecule has 0 aliphatic rings. The third-order valence-corrected chi connectivity index (χ3v) is 3.11. The van der Waals surface area contributed by atoms with Gasteiger partial charge in [-0.05, 0) is 18.1 Å². The standard InChI is InChI=1S/C11H13F3S/c1-2-9-5-3-4-6-10(9)15-8-7-11(12,13)14/h3-6H,2,7-8H2,1H3. The van der Waals surface area contributed by atoms with Crippen molar-refractivity contribution >= 4 is 11.8 Å². The summed E-state index contributed by atoms with van der Waals surface area (Å²) in [6, 6.07) is 7.59. The van der Waals surface area contributed by atoms with Crippen LogP contribution in [0.15, 0.2) is 29.2 Å². The Balaban J connectivity index is 2.50. The number of hydrogen-bond acceptors (Lipinski definition) is 1. The lowest BCUT2D eigenvalue weighted by Crippen LogP contribution is -2.08.